The van der Waals surface area contributed by atoms with Gasteiger partial charge in [-0.1, -0.05) is 0 Å². The first-order chi connectivity index (χ1) is 14.1. The Bertz CT molecular complexity index is 992. The molecule has 160 valence electrons. The number of nitrogens with zero attached hydrogens (tertiary/aromatic N) is 5. The molecule has 3 amide bonds. The molecule has 2 aromatic heterocycles. The van der Waals surface area contributed by atoms with Gasteiger partial charge in [0.15, 0.2) is 0 Å². The van der Waals surface area contributed by atoms with E-state index in [1.54, 1.807) is 15.8 Å². The normalized spacial score (nSPS) is 20.3. The van der Waals surface area contributed by atoms with E-state index in [4.69, 9.17) is 4.74 Å². The van der Waals surface area contributed by atoms with E-state index < -0.39 is 29.8 Å². The minimum atomic E-state index is -2.72. The Balaban J connectivity index is 1.54. The van der Waals surface area contributed by atoms with Gasteiger partial charge in [0, 0.05) is 11.9 Å². The Labute approximate surface area is 171 Å². The lowest BCUT2D eigenvalue weighted by Gasteiger charge is -2.34. The van der Waals surface area contributed by atoms with E-state index in [0.29, 0.717) is 24.5 Å². The molecule has 0 bridgehead atoms. The number of rotatable bonds is 3. The molecule has 1 saturated heterocycles. The number of carbonyl (C=O) groups excluding carboxylic acids is 2. The van der Waals surface area contributed by atoms with Gasteiger partial charge in [0.05, 0.1) is 43.3 Å². The number of anilines is 2. The molecule has 1 atom stereocenters. The molecule has 11 heteroatoms. The Hall–Kier alpha value is -3.24. The lowest BCUT2D eigenvalue weighted by molar-refractivity contribution is 0.0871. The van der Waals surface area contributed by atoms with Crippen molar-refractivity contribution in [1.29, 1.82) is 0 Å². The maximum atomic E-state index is 12.9. The maximum Gasteiger partial charge on any atom is 0.415 e. The van der Waals surface area contributed by atoms with Gasteiger partial charge in [-0.05, 0) is 32.9 Å². The summed E-state index contributed by atoms with van der Waals surface area (Å²) in [4.78, 5) is 31.8. The van der Waals surface area contributed by atoms with Crippen LogP contribution in [0, 0.1) is 0 Å². The molecule has 4 rings (SSSR count). The molecule has 2 aromatic rings. The SMILES string of the molecule is C[C@H]1Cn2ncc(N3CC(C)(C)OC3=O)c2CN1C(=O)Nc1ccnc(C(F)F)c1. The average Bonchev–Trinajstić information content (AvgIpc) is 3.19. The molecular weight excluding hydrogens is 398 g/mol. The molecule has 0 aromatic carbocycles. The molecule has 1 N–H and O–H groups in total. The third kappa shape index (κ3) is 3.66. The quantitative estimate of drug-likeness (QED) is 0.822. The molecule has 1 fully saturated rings. The first-order valence-electron chi connectivity index (χ1n) is 9.51. The molecule has 0 aliphatic carbocycles. The number of fused-ring (bicyclic) bond motifs is 1. The maximum absolute atomic E-state index is 12.9. The van der Waals surface area contributed by atoms with Crippen LogP contribution in [0.3, 0.4) is 0 Å². The number of hydrogen-bond acceptors (Lipinski definition) is 5. The van der Waals surface area contributed by atoms with Crippen LogP contribution in [0.15, 0.2) is 24.5 Å². The fraction of sp³-hybridized carbons (Fsp3) is 0.474. The molecule has 0 spiro atoms. The topological polar surface area (TPSA) is 92.6 Å². The largest absolute Gasteiger partial charge is 0.441 e. The molecule has 4 heterocycles. The van der Waals surface area contributed by atoms with E-state index in [2.05, 4.69) is 15.4 Å². The smallest absolute Gasteiger partial charge is 0.415 e. The fourth-order valence-corrected chi connectivity index (χ4v) is 3.68. The van der Waals surface area contributed by atoms with E-state index in [1.807, 2.05) is 20.8 Å². The Morgan fingerprint density at radius 3 is 2.83 bits per heavy atom. The number of amides is 3. The minimum Gasteiger partial charge on any atom is -0.441 e. The number of pyridine rings is 1. The third-order valence-electron chi connectivity index (χ3n) is 5.15. The number of alkyl halides is 2. The standard InChI is InChI=1S/C19H22F2N6O3/c1-11-8-27-15(14(7-23-27)26-10-19(2,3)30-18(26)29)9-25(11)17(28)24-12-4-5-22-13(6-12)16(20)21/h4-7,11,16H,8-10H2,1-3H3,(H,22,24,28)/t11-/m0/s1. The van der Waals surface area contributed by atoms with Gasteiger partial charge in [-0.2, -0.15) is 5.10 Å². The Morgan fingerprint density at radius 2 is 2.17 bits per heavy atom. The van der Waals surface area contributed by atoms with Crippen molar-refractivity contribution >= 4 is 23.5 Å². The number of cyclic esters (lactones) is 1. The predicted octanol–water partition coefficient (Wildman–Crippen LogP) is 3.39. The second-order valence-corrected chi connectivity index (χ2v) is 8.05. The molecule has 0 unspecified atom stereocenters. The first-order valence-corrected chi connectivity index (χ1v) is 9.51. The van der Waals surface area contributed by atoms with E-state index in [1.165, 1.54) is 17.2 Å². The first kappa shape index (κ1) is 20.0. The summed E-state index contributed by atoms with van der Waals surface area (Å²) in [5.41, 5.74) is 0.519. The van der Waals surface area contributed by atoms with Crippen LogP contribution in [-0.4, -0.2) is 50.0 Å². The predicted molar refractivity (Wildman–Crippen MR) is 103 cm³/mol. The number of ether oxygens (including phenoxy) is 1. The van der Waals surface area contributed by atoms with Gasteiger partial charge < -0.3 is 15.0 Å². The minimum absolute atomic E-state index is 0.191. The molecule has 2 aliphatic rings. The average molecular weight is 420 g/mol. The number of urea groups is 1. The highest BCUT2D eigenvalue weighted by Crippen LogP contribution is 2.33. The van der Waals surface area contributed by atoms with Crippen molar-refractivity contribution < 1.29 is 23.1 Å². The van der Waals surface area contributed by atoms with Crippen LogP contribution in [0.4, 0.5) is 29.7 Å². The van der Waals surface area contributed by atoms with Crippen LogP contribution < -0.4 is 10.2 Å². The van der Waals surface area contributed by atoms with Crippen molar-refractivity contribution in [2.75, 3.05) is 16.8 Å². The fourth-order valence-electron chi connectivity index (χ4n) is 3.68. The Kier molecular flexibility index (Phi) is 4.83. The van der Waals surface area contributed by atoms with Crippen LogP contribution in [0.1, 0.15) is 38.6 Å². The lowest BCUT2D eigenvalue weighted by atomic mass is 10.1. The van der Waals surface area contributed by atoms with Gasteiger partial charge in [0.25, 0.3) is 6.43 Å². The van der Waals surface area contributed by atoms with Gasteiger partial charge in [0.1, 0.15) is 11.3 Å². The number of nitrogens with one attached hydrogen (secondary N) is 1. The summed E-state index contributed by atoms with van der Waals surface area (Å²) in [6.07, 6.45) is -0.354. The molecule has 0 radical (unpaired) electrons. The van der Waals surface area contributed by atoms with E-state index in [9.17, 15) is 18.4 Å². The number of aromatic nitrogens is 3. The zero-order valence-electron chi connectivity index (χ0n) is 16.8. The highest BCUT2D eigenvalue weighted by Gasteiger charge is 2.41. The highest BCUT2D eigenvalue weighted by atomic mass is 19.3. The summed E-state index contributed by atoms with van der Waals surface area (Å²) in [7, 11) is 0. The number of hydrogen-bond donors (Lipinski definition) is 1. The zero-order chi connectivity index (χ0) is 21.6. The van der Waals surface area contributed by atoms with Crippen molar-refractivity contribution in [1.82, 2.24) is 19.7 Å². The molecular formula is C19H22F2N6O3. The van der Waals surface area contributed by atoms with Gasteiger partial charge in [0.2, 0.25) is 0 Å². The summed E-state index contributed by atoms with van der Waals surface area (Å²) < 4.78 is 32.9. The van der Waals surface area contributed by atoms with E-state index in [-0.39, 0.29) is 18.3 Å². The molecule has 30 heavy (non-hydrogen) atoms. The third-order valence-corrected chi connectivity index (χ3v) is 5.15. The summed E-state index contributed by atoms with van der Waals surface area (Å²) in [6.45, 7) is 6.54. The number of halogens is 2. The molecule has 2 aliphatic heterocycles. The van der Waals surface area contributed by atoms with Crippen LogP contribution in [0.5, 0.6) is 0 Å². The van der Waals surface area contributed by atoms with Crippen molar-refractivity contribution in [3.63, 3.8) is 0 Å². The van der Waals surface area contributed by atoms with Crippen molar-refractivity contribution in [3.05, 3.63) is 35.9 Å². The lowest BCUT2D eigenvalue weighted by Crippen LogP contribution is -2.47. The van der Waals surface area contributed by atoms with Crippen molar-refractivity contribution in [2.24, 2.45) is 0 Å². The second-order valence-electron chi connectivity index (χ2n) is 8.05. The van der Waals surface area contributed by atoms with Gasteiger partial charge in [-0.3, -0.25) is 14.6 Å². The van der Waals surface area contributed by atoms with Gasteiger partial charge >= 0.3 is 12.1 Å². The zero-order valence-corrected chi connectivity index (χ0v) is 16.8. The summed E-state index contributed by atoms with van der Waals surface area (Å²) >= 11 is 0. The van der Waals surface area contributed by atoms with Gasteiger partial charge in [-0.15, -0.1) is 0 Å². The molecule has 0 saturated carbocycles. The van der Waals surface area contributed by atoms with E-state index in [0.717, 1.165) is 6.07 Å². The summed E-state index contributed by atoms with van der Waals surface area (Å²) in [6, 6.07) is 1.98. The van der Waals surface area contributed by atoms with Crippen molar-refractivity contribution in [2.45, 2.75) is 51.9 Å². The monoisotopic (exact) mass is 420 g/mol. The van der Waals surface area contributed by atoms with Crippen LogP contribution in [0.25, 0.3) is 0 Å². The number of carbonyl (C=O) groups is 2. The summed E-state index contributed by atoms with van der Waals surface area (Å²) in [5, 5.41) is 7.01. The van der Waals surface area contributed by atoms with Crippen LogP contribution in [0.2, 0.25) is 0 Å². The van der Waals surface area contributed by atoms with Gasteiger partial charge in [-0.25, -0.2) is 18.4 Å². The van der Waals surface area contributed by atoms with Crippen LogP contribution in [-0.2, 0) is 17.8 Å². The highest BCUT2D eigenvalue weighted by molar-refractivity contribution is 5.92. The van der Waals surface area contributed by atoms with E-state index >= 15 is 0 Å². The van der Waals surface area contributed by atoms with Crippen molar-refractivity contribution in [3.8, 4) is 0 Å². The molecule has 9 nitrogen and oxygen atoms in total. The van der Waals surface area contributed by atoms with Crippen LogP contribution >= 0.6 is 0 Å². The Morgan fingerprint density at radius 1 is 1.40 bits per heavy atom. The second kappa shape index (κ2) is 7.22. The summed E-state index contributed by atoms with van der Waals surface area (Å²) in [5.74, 6) is 0.